The van der Waals surface area contributed by atoms with Gasteiger partial charge in [0.1, 0.15) is 28.6 Å². The van der Waals surface area contributed by atoms with E-state index < -0.39 is 11.7 Å². The molecule has 0 amide bonds. The molecule has 0 saturated carbocycles. The number of hydrogen-bond donors (Lipinski definition) is 3. The van der Waals surface area contributed by atoms with E-state index in [0.717, 1.165) is 5.57 Å². The van der Waals surface area contributed by atoms with Gasteiger partial charge in [0.2, 0.25) is 0 Å². The number of benzene rings is 2. The predicted octanol–water partition coefficient (Wildman–Crippen LogP) is 6.14. The molecule has 0 aliphatic carbocycles. The summed E-state index contributed by atoms with van der Waals surface area (Å²) in [6.07, 6.45) is 3.54. The number of rotatable bonds is 4. The van der Waals surface area contributed by atoms with Gasteiger partial charge in [0.15, 0.2) is 0 Å². The zero-order chi connectivity index (χ0) is 22.0. The molecule has 0 spiro atoms. The van der Waals surface area contributed by atoms with E-state index in [2.05, 4.69) is 0 Å². The molecule has 0 aromatic heterocycles. The molecular weight excluding hydrogens is 392 g/mol. The van der Waals surface area contributed by atoms with E-state index in [1.165, 1.54) is 13.0 Å². The number of ether oxygens (including phenoxy) is 1. The Balaban J connectivity index is 2.71. The molecule has 154 valence electrons. The summed E-state index contributed by atoms with van der Waals surface area (Å²) >= 11 is 6.29. The Bertz CT molecular complexity index is 1050. The van der Waals surface area contributed by atoms with Gasteiger partial charge >= 0.3 is 5.97 Å². The lowest BCUT2D eigenvalue weighted by Gasteiger charge is -2.18. The van der Waals surface area contributed by atoms with Crippen molar-refractivity contribution in [1.29, 1.82) is 0 Å². The van der Waals surface area contributed by atoms with E-state index in [1.807, 2.05) is 19.9 Å². The number of carbonyl (C=O) groups is 1. The number of carbonyl (C=O) groups excluding carboxylic acids is 1. The second-order valence-electron chi connectivity index (χ2n) is 6.85. The van der Waals surface area contributed by atoms with Gasteiger partial charge < -0.3 is 20.1 Å². The Kier molecular flexibility index (Phi) is 6.65. The summed E-state index contributed by atoms with van der Waals surface area (Å²) in [5, 5.41) is 30.8. The standard InChI is InChI=1S/C23H25ClO5/c1-7-11(3)15-10-16(25)13(5)9-17(15)29-23(28)19-18(12(4)8-2)20(24)22(27)14(6)21(19)26/h7-10,25-27H,1-6H3/b11-7+,12-8+. The van der Waals surface area contributed by atoms with E-state index >= 15 is 0 Å². The van der Waals surface area contributed by atoms with Gasteiger partial charge in [-0.2, -0.15) is 0 Å². The quantitative estimate of drug-likeness (QED) is 0.411. The van der Waals surface area contributed by atoms with E-state index in [-0.39, 0.29) is 39.0 Å². The van der Waals surface area contributed by atoms with Crippen LogP contribution < -0.4 is 4.74 Å². The predicted molar refractivity (Wildman–Crippen MR) is 116 cm³/mol. The van der Waals surface area contributed by atoms with Crippen LogP contribution in [0.2, 0.25) is 5.02 Å². The first kappa shape index (κ1) is 22.4. The van der Waals surface area contributed by atoms with E-state index in [4.69, 9.17) is 16.3 Å². The van der Waals surface area contributed by atoms with Crippen molar-refractivity contribution in [3.63, 3.8) is 0 Å². The molecule has 3 N–H and O–H groups in total. The monoisotopic (exact) mass is 416 g/mol. The van der Waals surface area contributed by atoms with Gasteiger partial charge in [-0.3, -0.25) is 0 Å². The molecule has 0 radical (unpaired) electrons. The van der Waals surface area contributed by atoms with Crippen LogP contribution in [0.25, 0.3) is 11.1 Å². The molecule has 29 heavy (non-hydrogen) atoms. The van der Waals surface area contributed by atoms with Crippen molar-refractivity contribution < 1.29 is 24.9 Å². The number of aryl methyl sites for hydroxylation is 1. The van der Waals surface area contributed by atoms with Crippen LogP contribution >= 0.6 is 11.6 Å². The van der Waals surface area contributed by atoms with Gasteiger partial charge in [-0.15, -0.1) is 0 Å². The number of phenols is 3. The van der Waals surface area contributed by atoms with Gasteiger partial charge in [-0.25, -0.2) is 4.79 Å². The zero-order valence-corrected chi connectivity index (χ0v) is 18.1. The van der Waals surface area contributed by atoms with Crippen LogP contribution in [0.1, 0.15) is 60.3 Å². The first-order valence-electron chi connectivity index (χ1n) is 9.11. The second kappa shape index (κ2) is 8.62. The summed E-state index contributed by atoms with van der Waals surface area (Å²) in [7, 11) is 0. The number of phenolic OH excluding ortho intramolecular Hbond substituents is 3. The first-order valence-corrected chi connectivity index (χ1v) is 9.49. The van der Waals surface area contributed by atoms with E-state index in [9.17, 15) is 20.1 Å². The average Bonchev–Trinajstić information content (AvgIpc) is 2.69. The lowest BCUT2D eigenvalue weighted by molar-refractivity contribution is 0.0730. The minimum Gasteiger partial charge on any atom is -0.508 e. The second-order valence-corrected chi connectivity index (χ2v) is 7.23. The molecule has 0 bridgehead atoms. The third kappa shape index (κ3) is 4.10. The fourth-order valence-corrected chi connectivity index (χ4v) is 3.28. The van der Waals surface area contributed by atoms with Crippen LogP contribution in [0.3, 0.4) is 0 Å². The highest BCUT2D eigenvalue weighted by Gasteiger charge is 2.28. The lowest BCUT2D eigenvalue weighted by Crippen LogP contribution is -2.14. The number of hydrogen-bond acceptors (Lipinski definition) is 5. The fourth-order valence-electron chi connectivity index (χ4n) is 2.89. The molecule has 2 aromatic carbocycles. The number of aromatic hydroxyl groups is 3. The van der Waals surface area contributed by atoms with E-state index in [1.54, 1.807) is 32.9 Å². The molecule has 0 aliphatic heterocycles. The van der Waals surface area contributed by atoms with Crippen LogP contribution in [0.15, 0.2) is 24.3 Å². The summed E-state index contributed by atoms with van der Waals surface area (Å²) in [6.45, 7) is 10.3. The van der Waals surface area contributed by atoms with Crippen molar-refractivity contribution in [2.24, 2.45) is 0 Å². The molecule has 5 nitrogen and oxygen atoms in total. The van der Waals surface area contributed by atoms with Crippen molar-refractivity contribution in [1.82, 2.24) is 0 Å². The topological polar surface area (TPSA) is 87.0 Å². The van der Waals surface area contributed by atoms with Crippen LogP contribution in [-0.2, 0) is 0 Å². The molecule has 2 aromatic rings. The highest BCUT2D eigenvalue weighted by Crippen LogP contribution is 2.44. The third-order valence-corrected chi connectivity index (χ3v) is 5.38. The summed E-state index contributed by atoms with van der Waals surface area (Å²) in [6, 6.07) is 3.09. The summed E-state index contributed by atoms with van der Waals surface area (Å²) in [5.41, 5.74) is 2.65. The molecule has 0 heterocycles. The van der Waals surface area contributed by atoms with Crippen molar-refractivity contribution >= 4 is 28.7 Å². The SMILES string of the molecule is C/C=C(\C)c1cc(O)c(C)cc1OC(=O)c1c(O)c(C)c(O)c(Cl)c1/C(C)=C/C. The highest BCUT2D eigenvalue weighted by molar-refractivity contribution is 6.34. The van der Waals surface area contributed by atoms with Gasteiger partial charge in [-0.05, 0) is 70.4 Å². The molecule has 0 atom stereocenters. The molecule has 0 aliphatic rings. The number of esters is 1. The smallest absolute Gasteiger partial charge is 0.348 e. The maximum Gasteiger partial charge on any atom is 0.348 e. The average molecular weight is 417 g/mol. The Hall–Kier alpha value is -2.92. The number of halogens is 1. The van der Waals surface area contributed by atoms with Crippen LogP contribution in [0, 0.1) is 13.8 Å². The largest absolute Gasteiger partial charge is 0.508 e. The van der Waals surface area contributed by atoms with Crippen LogP contribution in [0.5, 0.6) is 23.0 Å². The van der Waals surface area contributed by atoms with Crippen LogP contribution in [-0.4, -0.2) is 21.3 Å². The van der Waals surface area contributed by atoms with Crippen molar-refractivity contribution in [3.05, 3.63) is 57.1 Å². The van der Waals surface area contributed by atoms with Gasteiger partial charge in [0, 0.05) is 16.7 Å². The van der Waals surface area contributed by atoms with E-state index in [0.29, 0.717) is 16.7 Å². The fraction of sp³-hybridized carbons (Fsp3) is 0.261. The third-order valence-electron chi connectivity index (χ3n) is 5.01. The maximum atomic E-state index is 13.1. The van der Waals surface area contributed by atoms with Gasteiger partial charge in [-0.1, -0.05) is 23.8 Å². The lowest BCUT2D eigenvalue weighted by atomic mass is 9.96. The zero-order valence-electron chi connectivity index (χ0n) is 17.3. The normalized spacial score (nSPS) is 12.2. The van der Waals surface area contributed by atoms with Crippen molar-refractivity contribution in [2.45, 2.75) is 41.5 Å². The minimum absolute atomic E-state index is 0.0328. The Morgan fingerprint density at radius 2 is 1.55 bits per heavy atom. The van der Waals surface area contributed by atoms with Gasteiger partial charge in [0.25, 0.3) is 0 Å². The van der Waals surface area contributed by atoms with Crippen molar-refractivity contribution in [2.75, 3.05) is 0 Å². The molecule has 2 rings (SSSR count). The molecule has 0 unspecified atom stereocenters. The summed E-state index contributed by atoms with van der Waals surface area (Å²) < 4.78 is 5.64. The minimum atomic E-state index is -0.820. The Morgan fingerprint density at radius 3 is 2.10 bits per heavy atom. The molecular formula is C23H25ClO5. The maximum absolute atomic E-state index is 13.1. The van der Waals surface area contributed by atoms with Crippen LogP contribution in [0.4, 0.5) is 0 Å². The summed E-state index contributed by atoms with van der Waals surface area (Å²) in [5.74, 6) is -1.18. The molecule has 6 heteroatoms. The molecule has 0 fully saturated rings. The van der Waals surface area contributed by atoms with Crippen molar-refractivity contribution in [3.8, 4) is 23.0 Å². The number of allylic oxidation sites excluding steroid dienone is 4. The van der Waals surface area contributed by atoms with Gasteiger partial charge in [0.05, 0.1) is 5.02 Å². The molecule has 0 saturated heterocycles. The first-order chi connectivity index (χ1) is 13.5. The Morgan fingerprint density at radius 1 is 0.966 bits per heavy atom. The Labute approximate surface area is 175 Å². The summed E-state index contributed by atoms with van der Waals surface area (Å²) in [4.78, 5) is 13.1. The highest BCUT2D eigenvalue weighted by atomic mass is 35.5.